The molecule has 1 aromatic heterocycles. The zero-order chi connectivity index (χ0) is 19.7. The number of para-hydroxylation sites is 1. The van der Waals surface area contributed by atoms with Crippen LogP contribution in [-0.4, -0.2) is 12.5 Å². The number of nitrogens with one attached hydrogen (secondary N) is 1. The summed E-state index contributed by atoms with van der Waals surface area (Å²) >= 11 is 6.15. The van der Waals surface area contributed by atoms with Crippen LogP contribution in [0.2, 0.25) is 5.02 Å². The molecule has 0 unspecified atom stereocenters. The van der Waals surface area contributed by atoms with Crippen molar-refractivity contribution in [3.63, 3.8) is 0 Å². The Morgan fingerprint density at radius 2 is 1.89 bits per heavy atom. The molecule has 0 saturated carbocycles. The van der Waals surface area contributed by atoms with Crippen molar-refractivity contribution in [3.8, 4) is 5.75 Å². The molecule has 4 rings (SSSR count). The molecule has 4 aromatic rings. The van der Waals surface area contributed by atoms with E-state index in [4.69, 9.17) is 20.8 Å². The summed E-state index contributed by atoms with van der Waals surface area (Å²) < 4.78 is 11.3. The summed E-state index contributed by atoms with van der Waals surface area (Å²) in [6.45, 7) is 1.82. The van der Waals surface area contributed by atoms with E-state index >= 15 is 0 Å². The lowest BCUT2D eigenvalue weighted by atomic mass is 10.1. The van der Waals surface area contributed by atoms with Gasteiger partial charge in [-0.15, -0.1) is 0 Å². The lowest BCUT2D eigenvalue weighted by molar-refractivity contribution is -0.118. The minimum atomic E-state index is -0.318. The van der Waals surface area contributed by atoms with Gasteiger partial charge in [-0.2, -0.15) is 0 Å². The van der Waals surface area contributed by atoms with Crippen LogP contribution in [0.1, 0.15) is 5.56 Å². The zero-order valence-electron chi connectivity index (χ0n) is 15.0. The van der Waals surface area contributed by atoms with Crippen molar-refractivity contribution >= 4 is 45.1 Å². The van der Waals surface area contributed by atoms with Gasteiger partial charge in [0, 0.05) is 11.8 Å². The van der Waals surface area contributed by atoms with Crippen molar-refractivity contribution in [3.05, 3.63) is 81.5 Å². The lowest BCUT2D eigenvalue weighted by Crippen LogP contribution is -2.20. The Morgan fingerprint density at radius 3 is 2.71 bits per heavy atom. The summed E-state index contributed by atoms with van der Waals surface area (Å²) in [4.78, 5) is 24.8. The first-order chi connectivity index (χ1) is 13.5. The highest BCUT2D eigenvalue weighted by Gasteiger charge is 2.11. The summed E-state index contributed by atoms with van der Waals surface area (Å²) in [5.41, 5.74) is 2.06. The summed E-state index contributed by atoms with van der Waals surface area (Å²) in [5, 5.41) is 3.94. The summed E-state index contributed by atoms with van der Waals surface area (Å²) in [7, 11) is 0. The minimum absolute atomic E-state index is 0.130. The van der Waals surface area contributed by atoms with Crippen LogP contribution in [0.4, 0.5) is 5.69 Å². The maximum Gasteiger partial charge on any atom is 0.262 e. The average Bonchev–Trinajstić information content (AvgIpc) is 2.67. The number of fused-ring (bicyclic) bond motifs is 2. The fourth-order valence-electron chi connectivity index (χ4n) is 2.97. The standard InChI is InChI=1S/C22H16ClNO4/c1-13-4-2-5-15(10-13)27-12-20(25)24-14-8-9-16-19(11-14)28-22-17(21(16)26)6-3-7-18(22)23/h2-11H,12H2,1H3,(H,24,25). The highest BCUT2D eigenvalue weighted by molar-refractivity contribution is 6.34. The molecular weight excluding hydrogens is 378 g/mol. The number of amides is 1. The van der Waals surface area contributed by atoms with Crippen molar-refractivity contribution < 1.29 is 13.9 Å². The number of hydrogen-bond donors (Lipinski definition) is 1. The van der Waals surface area contributed by atoms with Gasteiger partial charge in [-0.05, 0) is 48.9 Å². The third-order valence-electron chi connectivity index (χ3n) is 4.29. The molecule has 0 bridgehead atoms. The Kier molecular flexibility index (Phi) is 4.75. The molecule has 0 aliphatic rings. The largest absolute Gasteiger partial charge is 0.484 e. The van der Waals surface area contributed by atoms with Crippen LogP contribution >= 0.6 is 11.6 Å². The lowest BCUT2D eigenvalue weighted by Gasteiger charge is -2.09. The number of carbonyl (C=O) groups is 1. The Bertz CT molecular complexity index is 1260. The van der Waals surface area contributed by atoms with Crippen LogP contribution in [0, 0.1) is 6.92 Å². The molecule has 0 spiro atoms. The quantitative estimate of drug-likeness (QED) is 0.499. The molecule has 0 saturated heterocycles. The average molecular weight is 394 g/mol. The van der Waals surface area contributed by atoms with Gasteiger partial charge >= 0.3 is 0 Å². The molecule has 1 amide bonds. The van der Waals surface area contributed by atoms with Crippen LogP contribution < -0.4 is 15.5 Å². The van der Waals surface area contributed by atoms with E-state index in [2.05, 4.69) is 5.32 Å². The number of anilines is 1. The van der Waals surface area contributed by atoms with E-state index in [-0.39, 0.29) is 17.9 Å². The van der Waals surface area contributed by atoms with E-state index in [0.717, 1.165) is 5.56 Å². The smallest absolute Gasteiger partial charge is 0.262 e. The Hall–Kier alpha value is -3.31. The number of hydrogen-bond acceptors (Lipinski definition) is 4. The SMILES string of the molecule is Cc1cccc(OCC(=O)Nc2ccc3c(=O)c4cccc(Cl)c4oc3c2)c1. The van der Waals surface area contributed by atoms with E-state index < -0.39 is 0 Å². The fraction of sp³-hybridized carbons (Fsp3) is 0.0909. The molecular formula is C22H16ClNO4. The molecule has 5 nitrogen and oxygen atoms in total. The first-order valence-electron chi connectivity index (χ1n) is 8.66. The van der Waals surface area contributed by atoms with Gasteiger partial charge in [0.1, 0.15) is 11.3 Å². The second kappa shape index (κ2) is 7.37. The van der Waals surface area contributed by atoms with Crippen LogP contribution in [0.25, 0.3) is 21.9 Å². The molecule has 1 N–H and O–H groups in total. The van der Waals surface area contributed by atoms with Gasteiger partial charge in [-0.3, -0.25) is 9.59 Å². The van der Waals surface area contributed by atoms with Crippen LogP contribution in [0.5, 0.6) is 5.75 Å². The fourth-order valence-corrected chi connectivity index (χ4v) is 3.18. The first kappa shape index (κ1) is 18.1. The number of aryl methyl sites for hydroxylation is 1. The third kappa shape index (κ3) is 3.57. The topological polar surface area (TPSA) is 68.5 Å². The monoisotopic (exact) mass is 393 g/mol. The van der Waals surface area contributed by atoms with Gasteiger partial charge in [0.25, 0.3) is 5.91 Å². The molecule has 6 heteroatoms. The molecule has 0 radical (unpaired) electrons. The highest BCUT2D eigenvalue weighted by Crippen LogP contribution is 2.26. The Balaban J connectivity index is 1.57. The molecule has 0 fully saturated rings. The Morgan fingerprint density at radius 1 is 1.07 bits per heavy atom. The van der Waals surface area contributed by atoms with E-state index in [9.17, 15) is 9.59 Å². The van der Waals surface area contributed by atoms with Crippen molar-refractivity contribution in [1.29, 1.82) is 0 Å². The number of rotatable bonds is 4. The normalized spacial score (nSPS) is 10.9. The predicted octanol–water partition coefficient (Wildman–Crippen LogP) is 4.93. The van der Waals surface area contributed by atoms with E-state index in [1.54, 1.807) is 42.5 Å². The molecule has 1 heterocycles. The number of benzene rings is 3. The third-order valence-corrected chi connectivity index (χ3v) is 4.59. The van der Waals surface area contributed by atoms with Gasteiger partial charge in [-0.1, -0.05) is 29.8 Å². The minimum Gasteiger partial charge on any atom is -0.484 e. The van der Waals surface area contributed by atoms with Crippen molar-refractivity contribution in [1.82, 2.24) is 0 Å². The molecule has 0 atom stereocenters. The predicted molar refractivity (Wildman–Crippen MR) is 110 cm³/mol. The first-order valence-corrected chi connectivity index (χ1v) is 9.03. The summed E-state index contributed by atoms with van der Waals surface area (Å²) in [6.07, 6.45) is 0. The summed E-state index contributed by atoms with van der Waals surface area (Å²) in [5.74, 6) is 0.308. The molecule has 140 valence electrons. The Labute approximate surface area is 165 Å². The van der Waals surface area contributed by atoms with Gasteiger partial charge in [-0.25, -0.2) is 0 Å². The second-order valence-electron chi connectivity index (χ2n) is 6.41. The molecule has 3 aromatic carbocycles. The molecule has 0 aliphatic heterocycles. The zero-order valence-corrected chi connectivity index (χ0v) is 15.7. The maximum absolute atomic E-state index is 12.6. The van der Waals surface area contributed by atoms with Gasteiger partial charge in [0.05, 0.1) is 15.8 Å². The van der Waals surface area contributed by atoms with E-state index in [0.29, 0.717) is 38.4 Å². The van der Waals surface area contributed by atoms with Crippen LogP contribution in [0.3, 0.4) is 0 Å². The number of carbonyl (C=O) groups excluding carboxylic acids is 1. The number of halogens is 1. The maximum atomic E-state index is 12.6. The van der Waals surface area contributed by atoms with E-state index in [1.807, 2.05) is 25.1 Å². The highest BCUT2D eigenvalue weighted by atomic mass is 35.5. The van der Waals surface area contributed by atoms with Gasteiger partial charge in [0.15, 0.2) is 12.2 Å². The van der Waals surface area contributed by atoms with Crippen molar-refractivity contribution in [2.45, 2.75) is 6.92 Å². The second-order valence-corrected chi connectivity index (χ2v) is 6.82. The van der Waals surface area contributed by atoms with Crippen molar-refractivity contribution in [2.24, 2.45) is 0 Å². The molecule has 28 heavy (non-hydrogen) atoms. The summed E-state index contributed by atoms with van der Waals surface area (Å²) in [6, 6.07) is 17.4. The van der Waals surface area contributed by atoms with Crippen LogP contribution in [-0.2, 0) is 4.79 Å². The van der Waals surface area contributed by atoms with E-state index in [1.165, 1.54) is 0 Å². The van der Waals surface area contributed by atoms with Gasteiger partial charge in [0.2, 0.25) is 5.43 Å². The van der Waals surface area contributed by atoms with Crippen molar-refractivity contribution in [2.75, 3.05) is 11.9 Å². The number of ether oxygens (including phenoxy) is 1. The molecule has 0 aliphatic carbocycles. The van der Waals surface area contributed by atoms with Gasteiger partial charge < -0.3 is 14.5 Å². The van der Waals surface area contributed by atoms with Crippen LogP contribution in [0.15, 0.2) is 69.9 Å².